The summed E-state index contributed by atoms with van der Waals surface area (Å²) in [4.78, 5) is 15.5. The van der Waals surface area contributed by atoms with Crippen molar-refractivity contribution in [2.75, 3.05) is 0 Å². The molecule has 2 N–H and O–H groups in total. The maximum Gasteiger partial charge on any atom is 0.347 e. The predicted molar refractivity (Wildman–Crippen MR) is 74.6 cm³/mol. The van der Waals surface area contributed by atoms with Gasteiger partial charge in [0.1, 0.15) is 10.8 Å². The minimum atomic E-state index is -0.425. The molecule has 1 heterocycles. The lowest BCUT2D eigenvalue weighted by molar-refractivity contribution is 0.592. The van der Waals surface area contributed by atoms with E-state index in [-0.39, 0.29) is 11.5 Å². The SMILES string of the molecule is Cc1cnc(=O)n(Cc2cc(C(N)=S)ccc2F)c1. The summed E-state index contributed by atoms with van der Waals surface area (Å²) in [6, 6.07) is 4.35. The molecule has 98 valence electrons. The molecule has 0 saturated carbocycles. The number of rotatable bonds is 3. The fraction of sp³-hybridized carbons (Fsp3) is 0.154. The van der Waals surface area contributed by atoms with E-state index in [1.807, 2.05) is 6.92 Å². The Balaban J connectivity index is 2.43. The lowest BCUT2D eigenvalue weighted by atomic mass is 10.1. The Morgan fingerprint density at radius 3 is 2.95 bits per heavy atom. The Hall–Kier alpha value is -2.08. The van der Waals surface area contributed by atoms with Crippen LogP contribution in [0, 0.1) is 12.7 Å². The number of hydrogen-bond acceptors (Lipinski definition) is 3. The van der Waals surface area contributed by atoms with Crippen LogP contribution >= 0.6 is 12.2 Å². The van der Waals surface area contributed by atoms with E-state index in [0.29, 0.717) is 11.1 Å². The fourth-order valence-electron chi connectivity index (χ4n) is 1.71. The van der Waals surface area contributed by atoms with E-state index in [0.717, 1.165) is 5.56 Å². The Bertz CT molecular complexity index is 697. The van der Waals surface area contributed by atoms with Gasteiger partial charge in [-0.15, -0.1) is 0 Å². The highest BCUT2D eigenvalue weighted by Crippen LogP contribution is 2.12. The van der Waals surface area contributed by atoms with E-state index in [1.165, 1.54) is 22.9 Å². The van der Waals surface area contributed by atoms with Crippen LogP contribution in [-0.2, 0) is 6.54 Å². The topological polar surface area (TPSA) is 60.9 Å². The average molecular weight is 277 g/mol. The van der Waals surface area contributed by atoms with Crippen molar-refractivity contribution in [3.05, 3.63) is 63.6 Å². The van der Waals surface area contributed by atoms with Crippen molar-refractivity contribution in [2.24, 2.45) is 5.73 Å². The molecule has 19 heavy (non-hydrogen) atoms. The Labute approximate surface area is 114 Å². The molecule has 2 aromatic rings. The normalized spacial score (nSPS) is 10.4. The summed E-state index contributed by atoms with van der Waals surface area (Å²) in [6.45, 7) is 1.90. The molecule has 0 aliphatic carbocycles. The zero-order valence-electron chi connectivity index (χ0n) is 10.3. The molecular weight excluding hydrogens is 265 g/mol. The second-order valence-corrected chi connectivity index (χ2v) is 4.65. The zero-order chi connectivity index (χ0) is 14.0. The van der Waals surface area contributed by atoms with E-state index in [9.17, 15) is 9.18 Å². The van der Waals surface area contributed by atoms with E-state index in [1.54, 1.807) is 12.3 Å². The molecule has 0 radical (unpaired) electrons. The molecule has 0 spiro atoms. The molecule has 1 aromatic heterocycles. The van der Waals surface area contributed by atoms with Crippen LogP contribution in [0.4, 0.5) is 4.39 Å². The first-order chi connectivity index (χ1) is 8.97. The Morgan fingerprint density at radius 2 is 2.26 bits per heavy atom. The highest BCUT2D eigenvalue weighted by Gasteiger charge is 2.07. The summed E-state index contributed by atoms with van der Waals surface area (Å²) >= 11 is 4.85. The molecule has 0 amide bonds. The monoisotopic (exact) mass is 277 g/mol. The van der Waals surface area contributed by atoms with Crippen molar-refractivity contribution in [3.63, 3.8) is 0 Å². The van der Waals surface area contributed by atoms with Crippen molar-refractivity contribution in [1.29, 1.82) is 0 Å². The van der Waals surface area contributed by atoms with Gasteiger partial charge in [-0.25, -0.2) is 14.2 Å². The van der Waals surface area contributed by atoms with Crippen LogP contribution in [0.5, 0.6) is 0 Å². The van der Waals surface area contributed by atoms with Crippen LogP contribution in [0.2, 0.25) is 0 Å². The molecule has 2 rings (SSSR count). The number of benzene rings is 1. The van der Waals surface area contributed by atoms with Gasteiger partial charge in [0.2, 0.25) is 0 Å². The van der Waals surface area contributed by atoms with Crippen LogP contribution in [-0.4, -0.2) is 14.5 Å². The molecule has 0 atom stereocenters. The standard InChI is InChI=1S/C13H12FN3OS/c1-8-5-16-13(18)17(6-8)7-10-4-9(12(15)19)2-3-11(10)14/h2-6H,7H2,1H3,(H2,15,19). The third-order valence-electron chi connectivity index (χ3n) is 2.65. The number of thiocarbonyl (C=S) groups is 1. The third-order valence-corrected chi connectivity index (χ3v) is 2.89. The predicted octanol–water partition coefficient (Wildman–Crippen LogP) is 1.37. The van der Waals surface area contributed by atoms with E-state index in [4.69, 9.17) is 18.0 Å². The lowest BCUT2D eigenvalue weighted by Gasteiger charge is -2.08. The highest BCUT2D eigenvalue weighted by molar-refractivity contribution is 7.80. The fourth-order valence-corrected chi connectivity index (χ4v) is 1.84. The van der Waals surface area contributed by atoms with Crippen LogP contribution in [0.3, 0.4) is 0 Å². The molecular formula is C13H12FN3OS. The maximum absolute atomic E-state index is 13.7. The number of aryl methyl sites for hydroxylation is 1. The zero-order valence-corrected chi connectivity index (χ0v) is 11.1. The Kier molecular flexibility index (Phi) is 3.71. The second-order valence-electron chi connectivity index (χ2n) is 4.21. The molecule has 0 unspecified atom stereocenters. The number of nitrogens with zero attached hydrogens (tertiary/aromatic N) is 2. The first-order valence-electron chi connectivity index (χ1n) is 5.58. The van der Waals surface area contributed by atoms with Gasteiger partial charge < -0.3 is 5.73 Å². The van der Waals surface area contributed by atoms with Gasteiger partial charge in [0.05, 0.1) is 6.54 Å². The molecule has 0 bridgehead atoms. The van der Waals surface area contributed by atoms with Crippen LogP contribution < -0.4 is 11.4 Å². The minimum absolute atomic E-state index is 0.0931. The van der Waals surface area contributed by atoms with Gasteiger partial charge in [-0.2, -0.15) is 0 Å². The largest absolute Gasteiger partial charge is 0.389 e. The summed E-state index contributed by atoms with van der Waals surface area (Å²) in [5.41, 5.74) is 6.82. The second kappa shape index (κ2) is 5.27. The van der Waals surface area contributed by atoms with Gasteiger partial charge >= 0.3 is 5.69 Å². The molecule has 6 heteroatoms. The van der Waals surface area contributed by atoms with Gasteiger partial charge in [0, 0.05) is 23.5 Å². The summed E-state index contributed by atoms with van der Waals surface area (Å²) < 4.78 is 15.1. The number of aromatic nitrogens is 2. The molecule has 4 nitrogen and oxygen atoms in total. The maximum atomic E-state index is 13.7. The molecule has 0 aliphatic rings. The minimum Gasteiger partial charge on any atom is -0.389 e. The van der Waals surface area contributed by atoms with Crippen molar-refractivity contribution >= 4 is 17.2 Å². The van der Waals surface area contributed by atoms with Crippen molar-refractivity contribution in [2.45, 2.75) is 13.5 Å². The van der Waals surface area contributed by atoms with E-state index in [2.05, 4.69) is 4.98 Å². The smallest absolute Gasteiger partial charge is 0.347 e. The number of nitrogens with two attached hydrogens (primary N) is 1. The van der Waals surface area contributed by atoms with Crippen molar-refractivity contribution in [3.8, 4) is 0 Å². The van der Waals surface area contributed by atoms with Crippen LogP contribution in [0.15, 0.2) is 35.4 Å². The van der Waals surface area contributed by atoms with Crippen LogP contribution in [0.25, 0.3) is 0 Å². The average Bonchev–Trinajstić information content (AvgIpc) is 2.36. The van der Waals surface area contributed by atoms with Crippen molar-refractivity contribution < 1.29 is 4.39 Å². The van der Waals surface area contributed by atoms with Gasteiger partial charge in [0.25, 0.3) is 0 Å². The summed E-state index contributed by atoms with van der Waals surface area (Å²) in [6.07, 6.45) is 3.10. The molecule has 1 aromatic carbocycles. The van der Waals surface area contributed by atoms with Gasteiger partial charge in [-0.3, -0.25) is 4.57 Å². The van der Waals surface area contributed by atoms with Gasteiger partial charge in [-0.05, 0) is 30.7 Å². The molecule has 0 saturated heterocycles. The number of halogens is 1. The number of hydrogen-bond donors (Lipinski definition) is 1. The highest BCUT2D eigenvalue weighted by atomic mass is 32.1. The molecule has 0 aliphatic heterocycles. The Morgan fingerprint density at radius 1 is 1.53 bits per heavy atom. The first kappa shape index (κ1) is 13.4. The van der Waals surface area contributed by atoms with E-state index >= 15 is 0 Å². The third kappa shape index (κ3) is 3.03. The summed E-state index contributed by atoms with van der Waals surface area (Å²) in [5.74, 6) is -0.409. The quantitative estimate of drug-likeness (QED) is 0.861. The summed E-state index contributed by atoms with van der Waals surface area (Å²) in [5, 5.41) is 0. The van der Waals surface area contributed by atoms with Gasteiger partial charge in [0.15, 0.2) is 0 Å². The lowest BCUT2D eigenvalue weighted by Crippen LogP contribution is -2.23. The summed E-state index contributed by atoms with van der Waals surface area (Å²) in [7, 11) is 0. The van der Waals surface area contributed by atoms with Crippen LogP contribution in [0.1, 0.15) is 16.7 Å². The van der Waals surface area contributed by atoms with Gasteiger partial charge in [-0.1, -0.05) is 12.2 Å². The van der Waals surface area contributed by atoms with Crippen molar-refractivity contribution in [1.82, 2.24) is 9.55 Å². The van der Waals surface area contributed by atoms with E-state index < -0.39 is 11.5 Å². The molecule has 0 fully saturated rings. The first-order valence-corrected chi connectivity index (χ1v) is 5.99.